The first-order chi connectivity index (χ1) is 10.7. The van der Waals surface area contributed by atoms with Crippen LogP contribution in [-0.2, 0) is 11.3 Å². The Morgan fingerprint density at radius 1 is 1.14 bits per heavy atom. The predicted octanol–water partition coefficient (Wildman–Crippen LogP) is 2.25. The number of nitrogens with two attached hydrogens (primary N) is 1. The van der Waals surface area contributed by atoms with E-state index in [-0.39, 0.29) is 18.6 Å². The van der Waals surface area contributed by atoms with Crippen LogP contribution in [0.25, 0.3) is 0 Å². The molecule has 0 saturated heterocycles. The number of ether oxygens (including phenoxy) is 1. The Labute approximate surface area is 129 Å². The predicted molar refractivity (Wildman–Crippen MR) is 83.2 cm³/mol. The summed E-state index contributed by atoms with van der Waals surface area (Å²) in [6, 6.07) is 17.8. The number of fused-ring (bicyclic) bond motifs is 1. The Morgan fingerprint density at radius 2 is 1.86 bits per heavy atom. The maximum atomic E-state index is 12.8. The van der Waals surface area contributed by atoms with Gasteiger partial charge in [-0.15, -0.1) is 0 Å². The van der Waals surface area contributed by atoms with E-state index < -0.39 is 5.54 Å². The van der Waals surface area contributed by atoms with Gasteiger partial charge in [-0.2, -0.15) is 0 Å². The Kier molecular flexibility index (Phi) is 2.94. The van der Waals surface area contributed by atoms with E-state index in [0.29, 0.717) is 13.0 Å². The monoisotopic (exact) mass is 294 g/mol. The second-order valence-corrected chi connectivity index (χ2v) is 6.09. The van der Waals surface area contributed by atoms with Crippen LogP contribution in [0.1, 0.15) is 23.5 Å². The lowest BCUT2D eigenvalue weighted by atomic mass is 10.1. The van der Waals surface area contributed by atoms with Crippen LogP contribution in [0, 0.1) is 0 Å². The van der Waals surface area contributed by atoms with E-state index in [9.17, 15) is 4.79 Å². The Balaban J connectivity index is 1.52. The van der Waals surface area contributed by atoms with Crippen LogP contribution in [0.15, 0.2) is 54.6 Å². The molecule has 1 aliphatic carbocycles. The molecule has 2 atom stereocenters. The zero-order valence-corrected chi connectivity index (χ0v) is 12.2. The fourth-order valence-corrected chi connectivity index (χ4v) is 3.21. The van der Waals surface area contributed by atoms with Crippen LogP contribution in [-0.4, -0.2) is 23.1 Å². The van der Waals surface area contributed by atoms with Crippen LogP contribution >= 0.6 is 0 Å². The molecule has 4 heteroatoms. The van der Waals surface area contributed by atoms with E-state index in [0.717, 1.165) is 16.9 Å². The van der Waals surface area contributed by atoms with E-state index in [1.54, 1.807) is 4.90 Å². The van der Waals surface area contributed by atoms with Gasteiger partial charge >= 0.3 is 0 Å². The highest BCUT2D eigenvalue weighted by molar-refractivity contribution is 5.91. The summed E-state index contributed by atoms with van der Waals surface area (Å²) >= 11 is 0. The molecule has 0 aromatic heterocycles. The lowest BCUT2D eigenvalue weighted by molar-refractivity contribution is -0.138. The second kappa shape index (κ2) is 4.85. The number of carbonyl (C=O) groups excluding carboxylic acids is 1. The van der Waals surface area contributed by atoms with Crippen molar-refractivity contribution in [2.24, 2.45) is 5.73 Å². The maximum Gasteiger partial charge on any atom is 0.246 e. The molecular weight excluding hydrogens is 276 g/mol. The molecule has 112 valence electrons. The van der Waals surface area contributed by atoms with E-state index in [1.807, 2.05) is 54.6 Å². The quantitative estimate of drug-likeness (QED) is 0.924. The molecule has 2 N–H and O–H groups in total. The van der Waals surface area contributed by atoms with Crippen LogP contribution in [0.5, 0.6) is 5.75 Å². The van der Waals surface area contributed by atoms with Gasteiger partial charge < -0.3 is 15.4 Å². The highest BCUT2D eigenvalue weighted by atomic mass is 16.5. The third kappa shape index (κ3) is 2.07. The maximum absolute atomic E-state index is 12.8. The van der Waals surface area contributed by atoms with Gasteiger partial charge in [0.2, 0.25) is 5.91 Å². The van der Waals surface area contributed by atoms with Crippen molar-refractivity contribution in [1.29, 1.82) is 0 Å². The molecule has 0 spiro atoms. The standard InChI is InChI=1S/C18H18N2O2/c19-18(10-15(18)13-6-2-1-3-7-13)17(21)20-11-14-8-4-5-9-16(14)22-12-20/h1-9,15H,10-12,19H2/t15-,18+/m1/s1. The van der Waals surface area contributed by atoms with Gasteiger partial charge in [-0.1, -0.05) is 48.5 Å². The summed E-state index contributed by atoms with van der Waals surface area (Å²) in [6.07, 6.45) is 0.702. The van der Waals surface area contributed by atoms with Crippen LogP contribution in [0.4, 0.5) is 0 Å². The molecule has 2 aromatic rings. The van der Waals surface area contributed by atoms with Crippen molar-refractivity contribution in [3.8, 4) is 5.75 Å². The number of nitrogens with zero attached hydrogens (tertiary/aromatic N) is 1. The van der Waals surface area contributed by atoms with Crippen LogP contribution in [0.3, 0.4) is 0 Å². The molecule has 1 heterocycles. The third-order valence-corrected chi connectivity index (χ3v) is 4.60. The van der Waals surface area contributed by atoms with Gasteiger partial charge in [0.05, 0.1) is 6.54 Å². The molecule has 4 rings (SSSR count). The van der Waals surface area contributed by atoms with Gasteiger partial charge in [-0.25, -0.2) is 0 Å². The molecule has 1 amide bonds. The second-order valence-electron chi connectivity index (χ2n) is 6.09. The first-order valence-electron chi connectivity index (χ1n) is 7.52. The van der Waals surface area contributed by atoms with Gasteiger partial charge in [-0.05, 0) is 18.1 Å². The van der Waals surface area contributed by atoms with E-state index >= 15 is 0 Å². The number of para-hydroxylation sites is 1. The number of benzene rings is 2. The molecule has 1 aliphatic heterocycles. The van der Waals surface area contributed by atoms with Gasteiger partial charge in [-0.3, -0.25) is 4.79 Å². The van der Waals surface area contributed by atoms with Gasteiger partial charge in [0.1, 0.15) is 11.3 Å². The van der Waals surface area contributed by atoms with Crippen molar-refractivity contribution < 1.29 is 9.53 Å². The molecular formula is C18H18N2O2. The van der Waals surface area contributed by atoms with Gasteiger partial charge in [0.25, 0.3) is 0 Å². The summed E-state index contributed by atoms with van der Waals surface area (Å²) in [6.45, 7) is 0.839. The molecule has 1 fully saturated rings. The van der Waals surface area contributed by atoms with Crippen molar-refractivity contribution >= 4 is 5.91 Å². The number of rotatable bonds is 2. The van der Waals surface area contributed by atoms with Crippen molar-refractivity contribution in [1.82, 2.24) is 4.90 Å². The summed E-state index contributed by atoms with van der Waals surface area (Å²) in [7, 11) is 0. The zero-order chi connectivity index (χ0) is 15.2. The van der Waals surface area contributed by atoms with E-state index in [1.165, 1.54) is 0 Å². The van der Waals surface area contributed by atoms with Crippen molar-refractivity contribution in [2.75, 3.05) is 6.73 Å². The fourth-order valence-electron chi connectivity index (χ4n) is 3.21. The third-order valence-electron chi connectivity index (χ3n) is 4.60. The molecule has 2 aliphatic rings. The lowest BCUT2D eigenvalue weighted by Crippen LogP contribution is -2.49. The zero-order valence-electron chi connectivity index (χ0n) is 12.2. The first-order valence-corrected chi connectivity index (χ1v) is 7.52. The molecule has 0 unspecified atom stereocenters. The number of amides is 1. The fraction of sp³-hybridized carbons (Fsp3) is 0.278. The molecule has 0 bridgehead atoms. The summed E-state index contributed by atoms with van der Waals surface area (Å²) in [4.78, 5) is 14.5. The summed E-state index contributed by atoms with van der Waals surface area (Å²) in [5.74, 6) is 0.947. The highest BCUT2D eigenvalue weighted by Gasteiger charge is 2.59. The smallest absolute Gasteiger partial charge is 0.246 e. The van der Waals surface area contributed by atoms with Crippen molar-refractivity contribution in [3.05, 3.63) is 65.7 Å². The highest BCUT2D eigenvalue weighted by Crippen LogP contribution is 2.50. The molecule has 4 nitrogen and oxygen atoms in total. The van der Waals surface area contributed by atoms with Crippen molar-refractivity contribution in [3.63, 3.8) is 0 Å². The average Bonchev–Trinajstić information content (AvgIpc) is 3.28. The normalized spacial score (nSPS) is 26.0. The molecule has 2 aromatic carbocycles. The molecule has 1 saturated carbocycles. The minimum Gasteiger partial charge on any atom is -0.473 e. The van der Waals surface area contributed by atoms with Crippen LogP contribution < -0.4 is 10.5 Å². The summed E-state index contributed by atoms with van der Waals surface area (Å²) < 4.78 is 5.67. The minimum absolute atomic E-state index is 0.0177. The van der Waals surface area contributed by atoms with E-state index in [2.05, 4.69) is 0 Å². The molecule has 22 heavy (non-hydrogen) atoms. The Bertz CT molecular complexity index is 716. The first kappa shape index (κ1) is 13.3. The number of hydrogen-bond acceptors (Lipinski definition) is 3. The summed E-state index contributed by atoms with van der Waals surface area (Å²) in [5.41, 5.74) is 7.76. The lowest BCUT2D eigenvalue weighted by Gasteiger charge is -2.31. The largest absolute Gasteiger partial charge is 0.473 e. The number of carbonyl (C=O) groups is 1. The number of hydrogen-bond donors (Lipinski definition) is 1. The SMILES string of the molecule is N[C@@]1(C(=O)N2COc3ccccc3C2)C[C@@H]1c1ccccc1. The minimum atomic E-state index is -0.781. The average molecular weight is 294 g/mol. The topological polar surface area (TPSA) is 55.6 Å². The van der Waals surface area contributed by atoms with Crippen LogP contribution in [0.2, 0.25) is 0 Å². The van der Waals surface area contributed by atoms with Gasteiger partial charge in [0, 0.05) is 11.5 Å². The Morgan fingerprint density at radius 3 is 2.68 bits per heavy atom. The van der Waals surface area contributed by atoms with E-state index in [4.69, 9.17) is 10.5 Å². The van der Waals surface area contributed by atoms with Crippen molar-refractivity contribution in [2.45, 2.75) is 24.4 Å². The molecule has 0 radical (unpaired) electrons. The van der Waals surface area contributed by atoms with Gasteiger partial charge in [0.15, 0.2) is 6.73 Å². The Hall–Kier alpha value is -2.33. The summed E-state index contributed by atoms with van der Waals surface area (Å²) in [5, 5.41) is 0.